The highest BCUT2D eigenvalue weighted by Gasteiger charge is 2.53. The van der Waals surface area contributed by atoms with E-state index in [4.69, 9.17) is 0 Å². The molecule has 2 aliphatic rings. The van der Waals surface area contributed by atoms with Crippen molar-refractivity contribution in [3.63, 3.8) is 0 Å². The van der Waals surface area contributed by atoms with Gasteiger partial charge in [-0.2, -0.15) is 0 Å². The summed E-state index contributed by atoms with van der Waals surface area (Å²) in [5.74, 6) is 0.921. The fraction of sp³-hybridized carbons (Fsp3) is 0.615. The fourth-order valence-electron chi connectivity index (χ4n) is 5.48. The Hall–Kier alpha value is -2.90. The molecule has 8 nitrogen and oxygen atoms in total. The Morgan fingerprint density at radius 3 is 2.65 bits per heavy atom. The van der Waals surface area contributed by atoms with E-state index in [-0.39, 0.29) is 23.8 Å². The lowest BCUT2D eigenvalue weighted by atomic mass is 9.65. The molecule has 1 aliphatic carbocycles. The summed E-state index contributed by atoms with van der Waals surface area (Å²) in [6, 6.07) is 7.54. The lowest BCUT2D eigenvalue weighted by Crippen LogP contribution is -2.51. The van der Waals surface area contributed by atoms with E-state index in [0.29, 0.717) is 25.3 Å². The van der Waals surface area contributed by atoms with Gasteiger partial charge >= 0.3 is 6.03 Å². The van der Waals surface area contributed by atoms with Gasteiger partial charge in [-0.15, -0.1) is 0 Å². The van der Waals surface area contributed by atoms with E-state index in [0.717, 1.165) is 54.0 Å². The van der Waals surface area contributed by atoms with Gasteiger partial charge in [0.25, 0.3) is 5.91 Å². The van der Waals surface area contributed by atoms with Gasteiger partial charge in [-0.1, -0.05) is 39.3 Å². The zero-order valence-electron chi connectivity index (χ0n) is 20.8. The third kappa shape index (κ3) is 4.55. The average molecular weight is 468 g/mol. The first kappa shape index (κ1) is 24.2. The summed E-state index contributed by atoms with van der Waals surface area (Å²) < 4.78 is 2.14. The maximum Gasteiger partial charge on any atom is 0.325 e. The van der Waals surface area contributed by atoms with E-state index in [1.54, 1.807) is 0 Å². The standard InChI is InChI=1S/C26H37N5O3/c1-5-25(3,4)19-11-13-26(14-12-19)23(33)31(24(34)29-26)17-22(32)27-15-8-16-30-18(2)28-20-9-6-7-10-21(20)30/h6-7,9-10,19H,5,8,11-17H2,1-4H3,(H,27,32)(H,29,34). The number of amides is 4. The van der Waals surface area contributed by atoms with Gasteiger partial charge in [0.05, 0.1) is 11.0 Å². The Balaban J connectivity index is 1.27. The van der Waals surface area contributed by atoms with Gasteiger partial charge in [0.2, 0.25) is 5.91 Å². The number of aryl methyl sites for hydroxylation is 2. The first-order chi connectivity index (χ1) is 16.2. The molecule has 4 amide bonds. The van der Waals surface area contributed by atoms with Crippen molar-refractivity contribution in [1.82, 2.24) is 25.1 Å². The molecule has 4 rings (SSSR count). The molecule has 1 aromatic heterocycles. The van der Waals surface area contributed by atoms with Crippen molar-refractivity contribution in [2.24, 2.45) is 11.3 Å². The number of nitrogens with zero attached hydrogens (tertiary/aromatic N) is 3. The van der Waals surface area contributed by atoms with E-state index in [9.17, 15) is 14.4 Å². The van der Waals surface area contributed by atoms with Crippen molar-refractivity contribution in [2.75, 3.05) is 13.1 Å². The normalized spacial score (nSPS) is 23.1. The smallest absolute Gasteiger partial charge is 0.325 e. The van der Waals surface area contributed by atoms with E-state index < -0.39 is 11.6 Å². The van der Waals surface area contributed by atoms with Crippen molar-refractivity contribution < 1.29 is 14.4 Å². The molecule has 2 fully saturated rings. The van der Waals surface area contributed by atoms with Gasteiger partial charge in [0.1, 0.15) is 17.9 Å². The molecular weight excluding hydrogens is 430 g/mol. The van der Waals surface area contributed by atoms with Gasteiger partial charge in [0, 0.05) is 13.1 Å². The van der Waals surface area contributed by atoms with E-state index in [2.05, 4.69) is 41.0 Å². The third-order valence-corrected chi connectivity index (χ3v) is 8.13. The second-order valence-corrected chi connectivity index (χ2v) is 10.5. The number of imide groups is 1. The predicted molar refractivity (Wildman–Crippen MR) is 131 cm³/mol. The third-order valence-electron chi connectivity index (χ3n) is 8.13. The van der Waals surface area contributed by atoms with Crippen LogP contribution in [0.2, 0.25) is 0 Å². The monoisotopic (exact) mass is 467 g/mol. The summed E-state index contributed by atoms with van der Waals surface area (Å²) in [5.41, 5.74) is 1.43. The number of carbonyl (C=O) groups excluding carboxylic acids is 3. The molecule has 34 heavy (non-hydrogen) atoms. The maximum atomic E-state index is 13.2. The second-order valence-electron chi connectivity index (χ2n) is 10.5. The molecule has 2 aromatic rings. The zero-order chi connectivity index (χ0) is 24.5. The van der Waals surface area contributed by atoms with Crippen LogP contribution in [0.5, 0.6) is 0 Å². The molecular formula is C26H37N5O3. The molecule has 184 valence electrons. The minimum absolute atomic E-state index is 0.231. The quantitative estimate of drug-likeness (QED) is 0.456. The summed E-state index contributed by atoms with van der Waals surface area (Å²) in [5, 5.41) is 5.78. The van der Waals surface area contributed by atoms with E-state index in [1.807, 2.05) is 31.2 Å². The molecule has 8 heteroatoms. The van der Waals surface area contributed by atoms with Gasteiger partial charge in [-0.3, -0.25) is 14.5 Å². The number of hydrogen-bond acceptors (Lipinski definition) is 4. The van der Waals surface area contributed by atoms with E-state index >= 15 is 0 Å². The Kier molecular flexibility index (Phi) is 6.69. The summed E-state index contributed by atoms with van der Waals surface area (Å²) in [6.07, 6.45) is 4.92. The van der Waals surface area contributed by atoms with Crippen LogP contribution in [0.15, 0.2) is 24.3 Å². The summed E-state index contributed by atoms with van der Waals surface area (Å²) >= 11 is 0. The van der Waals surface area contributed by atoms with Crippen LogP contribution in [0.4, 0.5) is 4.79 Å². The summed E-state index contributed by atoms with van der Waals surface area (Å²) in [4.78, 5) is 43.9. The highest BCUT2D eigenvalue weighted by atomic mass is 16.2. The number of aromatic nitrogens is 2. The first-order valence-electron chi connectivity index (χ1n) is 12.5. The second kappa shape index (κ2) is 9.39. The number of carbonyl (C=O) groups is 3. The van der Waals surface area contributed by atoms with Crippen LogP contribution in [0.3, 0.4) is 0 Å². The Labute approximate surface area is 201 Å². The van der Waals surface area contributed by atoms with Crippen molar-refractivity contribution in [2.45, 2.75) is 78.3 Å². The summed E-state index contributed by atoms with van der Waals surface area (Å²) in [6.45, 7) is 9.69. The molecule has 1 aliphatic heterocycles. The molecule has 0 atom stereocenters. The van der Waals surface area contributed by atoms with Crippen LogP contribution >= 0.6 is 0 Å². The lowest BCUT2D eigenvalue weighted by molar-refractivity contribution is -0.136. The SMILES string of the molecule is CCC(C)(C)C1CCC2(CC1)NC(=O)N(CC(=O)NCCCn1c(C)nc3ccccc31)C2=O. The largest absolute Gasteiger partial charge is 0.354 e. The Bertz CT molecular complexity index is 1080. The lowest BCUT2D eigenvalue weighted by Gasteiger charge is -2.42. The summed E-state index contributed by atoms with van der Waals surface area (Å²) in [7, 11) is 0. The number of urea groups is 1. The molecule has 0 unspecified atom stereocenters. The van der Waals surface area contributed by atoms with Gasteiger partial charge in [-0.05, 0) is 62.5 Å². The van der Waals surface area contributed by atoms with Crippen LogP contribution < -0.4 is 10.6 Å². The molecule has 2 N–H and O–H groups in total. The average Bonchev–Trinajstić information content (AvgIpc) is 3.25. The van der Waals surface area contributed by atoms with Crippen LogP contribution in [0.1, 0.15) is 65.1 Å². The van der Waals surface area contributed by atoms with Crippen LogP contribution in [-0.4, -0.2) is 50.9 Å². The molecule has 0 bridgehead atoms. The Morgan fingerprint density at radius 2 is 1.94 bits per heavy atom. The highest BCUT2D eigenvalue weighted by molar-refractivity contribution is 6.09. The first-order valence-corrected chi connectivity index (χ1v) is 12.5. The number of fused-ring (bicyclic) bond motifs is 1. The highest BCUT2D eigenvalue weighted by Crippen LogP contribution is 2.45. The number of benzene rings is 1. The number of hydrogen-bond donors (Lipinski definition) is 2. The number of nitrogens with one attached hydrogen (secondary N) is 2. The number of rotatable bonds is 8. The van der Waals surface area contributed by atoms with Crippen LogP contribution in [-0.2, 0) is 16.1 Å². The molecule has 1 saturated heterocycles. The number of para-hydroxylation sites is 2. The van der Waals surface area contributed by atoms with Gasteiger partial charge in [0.15, 0.2) is 0 Å². The minimum atomic E-state index is -0.836. The minimum Gasteiger partial charge on any atom is -0.354 e. The van der Waals surface area contributed by atoms with Crippen molar-refractivity contribution in [3.05, 3.63) is 30.1 Å². The van der Waals surface area contributed by atoms with Crippen molar-refractivity contribution in [1.29, 1.82) is 0 Å². The fourth-order valence-corrected chi connectivity index (χ4v) is 5.48. The molecule has 2 heterocycles. The number of imidazole rings is 1. The van der Waals surface area contributed by atoms with Crippen molar-refractivity contribution >= 4 is 28.9 Å². The topological polar surface area (TPSA) is 96.3 Å². The van der Waals surface area contributed by atoms with Crippen molar-refractivity contribution in [3.8, 4) is 0 Å². The zero-order valence-corrected chi connectivity index (χ0v) is 20.8. The van der Waals surface area contributed by atoms with Crippen LogP contribution in [0.25, 0.3) is 11.0 Å². The van der Waals surface area contributed by atoms with Crippen LogP contribution in [0, 0.1) is 18.3 Å². The van der Waals surface area contributed by atoms with Gasteiger partial charge in [-0.25, -0.2) is 9.78 Å². The molecule has 1 saturated carbocycles. The Morgan fingerprint density at radius 1 is 1.24 bits per heavy atom. The molecule has 0 radical (unpaired) electrons. The van der Waals surface area contributed by atoms with E-state index in [1.165, 1.54) is 0 Å². The molecule has 1 aromatic carbocycles. The molecule has 1 spiro atoms. The maximum absolute atomic E-state index is 13.2. The predicted octanol–water partition coefficient (Wildman–Crippen LogP) is 3.77. The van der Waals surface area contributed by atoms with Gasteiger partial charge < -0.3 is 15.2 Å².